The molecule has 0 bridgehead atoms. The SMILES string of the molecule is [Fe].[Li].[Li].[Mn].[S]. The summed E-state index contributed by atoms with van der Waals surface area (Å²) < 4.78 is 0. The number of hydrogen-bond donors (Lipinski definition) is 0. The van der Waals surface area contributed by atoms with Gasteiger partial charge in [-0.25, -0.2) is 0 Å². The molecule has 0 aliphatic heterocycles. The average Bonchev–Trinajstić information content (AvgIpc) is 0. The largest absolute Gasteiger partial charge is 0 e. The standard InChI is InChI=1S/Fe.2Li.Mn.S. The van der Waals surface area contributed by atoms with Crippen LogP contribution in [-0.2, 0) is 34.1 Å². The normalized spacial score (nSPS) is 0. The molecule has 5 heteroatoms. The van der Waals surface area contributed by atoms with Crippen LogP contribution in [0.5, 0.6) is 0 Å². The van der Waals surface area contributed by atoms with Gasteiger partial charge in [0.25, 0.3) is 0 Å². The van der Waals surface area contributed by atoms with Crippen LogP contribution < -0.4 is 0 Å². The van der Waals surface area contributed by atoms with Crippen molar-refractivity contribution in [2.75, 3.05) is 0 Å². The number of hydrogen-bond acceptors (Lipinski definition) is 0. The summed E-state index contributed by atoms with van der Waals surface area (Å²) in [7, 11) is 0. The van der Waals surface area contributed by atoms with Crippen LogP contribution in [-0.4, -0.2) is 37.7 Å². The van der Waals surface area contributed by atoms with E-state index in [1.54, 1.807) is 0 Å². The van der Waals surface area contributed by atoms with Gasteiger partial charge in [0.15, 0.2) is 0 Å². The van der Waals surface area contributed by atoms with Crippen LogP contribution in [0, 0.1) is 0 Å². The Balaban J connectivity index is 0. The van der Waals surface area contributed by atoms with E-state index in [-0.39, 0.29) is 85.4 Å². The van der Waals surface area contributed by atoms with Crippen molar-refractivity contribution in [2.45, 2.75) is 0 Å². The summed E-state index contributed by atoms with van der Waals surface area (Å²) in [6.45, 7) is 0. The van der Waals surface area contributed by atoms with Crippen LogP contribution in [0.2, 0.25) is 0 Å². The maximum atomic E-state index is 0. The molecule has 0 amide bonds. The van der Waals surface area contributed by atoms with Gasteiger partial charge in [-0.05, 0) is 0 Å². The zero-order valence-corrected chi connectivity index (χ0v) is 6.24. The summed E-state index contributed by atoms with van der Waals surface area (Å²) in [5.41, 5.74) is 0. The van der Waals surface area contributed by atoms with Crippen molar-refractivity contribution in [2.24, 2.45) is 0 Å². The van der Waals surface area contributed by atoms with Crippen LogP contribution in [0.25, 0.3) is 0 Å². The molecule has 0 aromatic heterocycles. The van der Waals surface area contributed by atoms with Gasteiger partial charge in [-0.1, -0.05) is 0 Å². The molecule has 0 nitrogen and oxygen atoms in total. The van der Waals surface area contributed by atoms with Crippen molar-refractivity contribution in [1.82, 2.24) is 0 Å². The summed E-state index contributed by atoms with van der Waals surface area (Å²) in [5.74, 6) is 0. The Labute approximate surface area is 84.3 Å². The average molecular weight is 157 g/mol. The molecule has 0 unspecified atom stereocenters. The van der Waals surface area contributed by atoms with Crippen molar-refractivity contribution >= 4 is 51.2 Å². The Hall–Kier alpha value is 2.58. The van der Waals surface area contributed by atoms with E-state index in [4.69, 9.17) is 0 Å². The van der Waals surface area contributed by atoms with Crippen LogP contribution in [0.15, 0.2) is 0 Å². The first-order chi connectivity index (χ1) is 0. The summed E-state index contributed by atoms with van der Waals surface area (Å²) in [5, 5.41) is 0. The van der Waals surface area contributed by atoms with Crippen molar-refractivity contribution < 1.29 is 34.1 Å². The molecule has 0 heterocycles. The summed E-state index contributed by atoms with van der Waals surface area (Å²) in [4.78, 5) is 0. The molecule has 0 rings (SSSR count). The van der Waals surface area contributed by atoms with E-state index in [1.165, 1.54) is 0 Å². The van der Waals surface area contributed by atoms with E-state index in [1.807, 2.05) is 0 Å². The zero-order valence-electron chi connectivity index (χ0n) is 3.14. The molecule has 0 fully saturated rings. The zero-order chi connectivity index (χ0) is 0. The fourth-order valence-electron chi connectivity index (χ4n) is 0. The van der Waals surface area contributed by atoms with E-state index < -0.39 is 0 Å². The minimum atomic E-state index is 0. The maximum Gasteiger partial charge on any atom is 0 e. The molecule has 0 saturated carbocycles. The third-order valence-corrected chi connectivity index (χ3v) is 0. The van der Waals surface area contributed by atoms with Gasteiger partial charge < -0.3 is 0 Å². The predicted octanol–water partition coefficient (Wildman–Crippen LogP) is -0.118. The first-order valence-electron chi connectivity index (χ1n) is 0. The minimum absolute atomic E-state index is 0. The quantitative estimate of drug-likeness (QED) is 0.430. The Bertz CT molecular complexity index is 9.61. The molecule has 0 spiro atoms. The molecular formula is FeLi2MnS. The Kier molecular flexibility index (Phi) is 303. The van der Waals surface area contributed by atoms with Gasteiger partial charge in [0.05, 0.1) is 0 Å². The van der Waals surface area contributed by atoms with Crippen molar-refractivity contribution in [3.05, 3.63) is 0 Å². The van der Waals surface area contributed by atoms with E-state index in [0.29, 0.717) is 0 Å². The van der Waals surface area contributed by atoms with Gasteiger partial charge in [0.2, 0.25) is 0 Å². The fourth-order valence-corrected chi connectivity index (χ4v) is 0. The third kappa shape index (κ3) is 20.7. The molecule has 5 heavy (non-hydrogen) atoms. The molecule has 5 radical (unpaired) electrons. The molecular weight excluding hydrogens is 157 g/mol. The van der Waals surface area contributed by atoms with Gasteiger partial charge in [0, 0.05) is 85.4 Å². The second-order valence-electron chi connectivity index (χ2n) is 0. The topological polar surface area (TPSA) is 0 Å². The second kappa shape index (κ2) is 30.7. The van der Waals surface area contributed by atoms with E-state index in [9.17, 15) is 0 Å². The third-order valence-electron chi connectivity index (χ3n) is 0. The molecule has 0 aliphatic carbocycles. The first kappa shape index (κ1) is 49.2. The molecule has 0 N–H and O–H groups in total. The smallest absolute Gasteiger partial charge is 0 e. The maximum absolute atomic E-state index is 0. The first-order valence-corrected chi connectivity index (χ1v) is 0. The van der Waals surface area contributed by atoms with Crippen LogP contribution in [0.4, 0.5) is 0 Å². The summed E-state index contributed by atoms with van der Waals surface area (Å²) >= 11 is 0. The van der Waals surface area contributed by atoms with Crippen LogP contribution >= 0.6 is 13.5 Å². The van der Waals surface area contributed by atoms with Gasteiger partial charge in [-0.3, -0.25) is 0 Å². The predicted molar refractivity (Wildman–Crippen MR) is 19.1 cm³/mol. The van der Waals surface area contributed by atoms with E-state index in [2.05, 4.69) is 0 Å². The van der Waals surface area contributed by atoms with E-state index in [0.717, 1.165) is 0 Å². The monoisotopic (exact) mass is 157 g/mol. The Morgan fingerprint density at radius 2 is 0.800 bits per heavy atom. The molecule has 0 aromatic carbocycles. The molecule has 23 valence electrons. The molecule has 0 saturated heterocycles. The van der Waals surface area contributed by atoms with Gasteiger partial charge in [-0.2, -0.15) is 0 Å². The van der Waals surface area contributed by atoms with Crippen molar-refractivity contribution in [3.8, 4) is 0 Å². The van der Waals surface area contributed by atoms with Crippen LogP contribution in [0.3, 0.4) is 0 Å². The Morgan fingerprint density at radius 1 is 0.800 bits per heavy atom. The van der Waals surface area contributed by atoms with Gasteiger partial charge in [-0.15, -0.1) is 0 Å². The summed E-state index contributed by atoms with van der Waals surface area (Å²) in [6.07, 6.45) is 0. The van der Waals surface area contributed by atoms with Gasteiger partial charge in [0.1, 0.15) is 0 Å². The molecule has 0 aliphatic rings. The van der Waals surface area contributed by atoms with Crippen molar-refractivity contribution in [1.29, 1.82) is 0 Å². The Morgan fingerprint density at radius 3 is 0.800 bits per heavy atom. The minimum Gasteiger partial charge on any atom is 0 e. The fraction of sp³-hybridized carbons (Fsp3) is 0. The van der Waals surface area contributed by atoms with Gasteiger partial charge >= 0.3 is 0 Å². The number of rotatable bonds is 0. The molecule has 0 aromatic rings. The van der Waals surface area contributed by atoms with E-state index >= 15 is 0 Å². The second-order valence-corrected chi connectivity index (χ2v) is 0. The molecule has 0 atom stereocenters. The summed E-state index contributed by atoms with van der Waals surface area (Å²) in [6, 6.07) is 0. The van der Waals surface area contributed by atoms with Crippen LogP contribution in [0.1, 0.15) is 0 Å². The van der Waals surface area contributed by atoms with Crippen molar-refractivity contribution in [3.63, 3.8) is 0 Å².